The molecule has 0 N–H and O–H groups in total. The number of rotatable bonds is 7. The van der Waals surface area contributed by atoms with E-state index in [0.717, 1.165) is 15.4 Å². The van der Waals surface area contributed by atoms with Crippen molar-refractivity contribution >= 4 is 21.9 Å². The average molecular weight is 404 g/mol. The third-order valence-electron chi connectivity index (χ3n) is 4.29. The van der Waals surface area contributed by atoms with Crippen molar-refractivity contribution in [2.45, 2.75) is 18.4 Å². The van der Waals surface area contributed by atoms with Crippen LogP contribution in [0.15, 0.2) is 53.4 Å². The van der Waals surface area contributed by atoms with Crippen LogP contribution in [-0.2, 0) is 26.1 Å². The maximum Gasteiger partial charge on any atom is 0.338 e. The Morgan fingerprint density at radius 2 is 1.57 bits per heavy atom. The number of aryl methyl sites for hydroxylation is 1. The van der Waals surface area contributed by atoms with Gasteiger partial charge in [0.1, 0.15) is 0 Å². The lowest BCUT2D eigenvalue weighted by molar-refractivity contribution is -0.133. The van der Waals surface area contributed by atoms with Gasteiger partial charge < -0.3 is 9.64 Å². The van der Waals surface area contributed by atoms with E-state index in [2.05, 4.69) is 0 Å². The van der Waals surface area contributed by atoms with Crippen LogP contribution in [0.2, 0.25) is 0 Å². The molecule has 8 heteroatoms. The van der Waals surface area contributed by atoms with Gasteiger partial charge in [0.15, 0.2) is 6.61 Å². The van der Waals surface area contributed by atoms with Gasteiger partial charge in [0, 0.05) is 27.7 Å². The summed E-state index contributed by atoms with van der Waals surface area (Å²) >= 11 is 0. The van der Waals surface area contributed by atoms with Crippen LogP contribution >= 0.6 is 0 Å². The summed E-state index contributed by atoms with van der Waals surface area (Å²) in [4.78, 5) is 25.9. The fraction of sp³-hybridized carbons (Fsp3) is 0.300. The molecule has 2 aromatic rings. The highest BCUT2D eigenvalue weighted by molar-refractivity contribution is 7.89. The minimum Gasteiger partial charge on any atom is -0.452 e. The van der Waals surface area contributed by atoms with E-state index < -0.39 is 16.0 Å². The van der Waals surface area contributed by atoms with Gasteiger partial charge in [-0.05, 0) is 42.3 Å². The fourth-order valence-electron chi connectivity index (χ4n) is 2.43. The molecule has 150 valence electrons. The molecule has 0 fully saturated rings. The van der Waals surface area contributed by atoms with Crippen molar-refractivity contribution in [1.29, 1.82) is 0 Å². The Balaban J connectivity index is 1.94. The Labute approximate surface area is 165 Å². The highest BCUT2D eigenvalue weighted by atomic mass is 32.2. The van der Waals surface area contributed by atoms with Crippen molar-refractivity contribution in [2.24, 2.45) is 0 Å². The average Bonchev–Trinajstić information content (AvgIpc) is 2.67. The van der Waals surface area contributed by atoms with Crippen LogP contribution in [0.5, 0.6) is 0 Å². The lowest BCUT2D eigenvalue weighted by atomic mass is 10.1. The van der Waals surface area contributed by atoms with Gasteiger partial charge in [-0.3, -0.25) is 4.79 Å². The third-order valence-corrected chi connectivity index (χ3v) is 6.12. The molecular formula is C20H24N2O5S. The molecule has 0 spiro atoms. The Hall–Kier alpha value is -2.71. The summed E-state index contributed by atoms with van der Waals surface area (Å²) < 4.78 is 30.2. The molecule has 0 bridgehead atoms. The minimum absolute atomic E-state index is 0.0723. The van der Waals surface area contributed by atoms with E-state index in [-0.39, 0.29) is 23.0 Å². The number of carbonyl (C=O) groups excluding carboxylic acids is 2. The summed E-state index contributed by atoms with van der Waals surface area (Å²) in [6.45, 7) is 1.99. The number of benzene rings is 2. The Morgan fingerprint density at radius 1 is 0.964 bits per heavy atom. The summed E-state index contributed by atoms with van der Waals surface area (Å²) in [6, 6.07) is 13.1. The van der Waals surface area contributed by atoms with Crippen LogP contribution < -0.4 is 0 Å². The lowest BCUT2D eigenvalue weighted by Gasteiger charge is -2.18. The van der Waals surface area contributed by atoms with Crippen LogP contribution in [0.25, 0.3) is 0 Å². The number of hydrogen-bond donors (Lipinski definition) is 0. The topological polar surface area (TPSA) is 84.0 Å². The highest BCUT2D eigenvalue weighted by Gasteiger charge is 2.19. The standard InChI is InChI=1S/C20H24N2O5S/c1-15-7-5-6-8-17(15)13-22(4)19(23)14-27-20(24)16-9-11-18(12-10-16)28(25,26)21(2)3/h5-12H,13-14H2,1-4H3. The quantitative estimate of drug-likeness (QED) is 0.660. The number of likely N-dealkylation sites (N-methyl/N-ethyl adjacent to an activating group) is 1. The van der Waals surface area contributed by atoms with Crippen molar-refractivity contribution in [3.8, 4) is 0 Å². The fourth-order valence-corrected chi connectivity index (χ4v) is 3.33. The maximum atomic E-state index is 12.2. The van der Waals surface area contributed by atoms with Crippen molar-refractivity contribution < 1.29 is 22.7 Å². The molecule has 28 heavy (non-hydrogen) atoms. The Bertz CT molecular complexity index is 953. The van der Waals surface area contributed by atoms with Crippen molar-refractivity contribution in [1.82, 2.24) is 9.21 Å². The summed E-state index contributed by atoms with van der Waals surface area (Å²) in [7, 11) is 0.927. The molecule has 0 saturated carbocycles. The van der Waals surface area contributed by atoms with E-state index in [0.29, 0.717) is 6.54 Å². The molecule has 0 heterocycles. The smallest absolute Gasteiger partial charge is 0.338 e. The number of ether oxygens (including phenoxy) is 1. The molecule has 0 radical (unpaired) electrons. The number of carbonyl (C=O) groups is 2. The first-order chi connectivity index (χ1) is 13.1. The third kappa shape index (κ3) is 5.17. The molecule has 0 aliphatic heterocycles. The second-order valence-corrected chi connectivity index (χ2v) is 8.72. The molecule has 2 aromatic carbocycles. The molecule has 0 aliphatic carbocycles. The number of amides is 1. The van der Waals surface area contributed by atoms with E-state index in [9.17, 15) is 18.0 Å². The Kier molecular flexibility index (Phi) is 6.93. The van der Waals surface area contributed by atoms with Gasteiger partial charge in [-0.15, -0.1) is 0 Å². The molecule has 0 saturated heterocycles. The van der Waals surface area contributed by atoms with E-state index in [1.807, 2.05) is 31.2 Å². The first-order valence-corrected chi connectivity index (χ1v) is 10.0. The van der Waals surface area contributed by atoms with Gasteiger partial charge in [0.25, 0.3) is 5.91 Å². The zero-order chi connectivity index (χ0) is 20.9. The highest BCUT2D eigenvalue weighted by Crippen LogP contribution is 2.15. The molecule has 0 unspecified atom stereocenters. The van der Waals surface area contributed by atoms with Crippen LogP contribution in [0.1, 0.15) is 21.5 Å². The number of nitrogens with zero attached hydrogens (tertiary/aromatic N) is 2. The van der Waals surface area contributed by atoms with Gasteiger partial charge >= 0.3 is 5.97 Å². The van der Waals surface area contributed by atoms with E-state index in [4.69, 9.17) is 4.74 Å². The van der Waals surface area contributed by atoms with Crippen molar-refractivity contribution in [3.63, 3.8) is 0 Å². The van der Waals surface area contributed by atoms with Gasteiger partial charge in [0.2, 0.25) is 10.0 Å². The summed E-state index contributed by atoms with van der Waals surface area (Å²) in [5.41, 5.74) is 2.27. The minimum atomic E-state index is -3.57. The molecule has 7 nitrogen and oxygen atoms in total. The summed E-state index contributed by atoms with van der Waals surface area (Å²) in [5, 5.41) is 0. The van der Waals surface area contributed by atoms with Crippen LogP contribution in [-0.4, -0.2) is 57.2 Å². The largest absolute Gasteiger partial charge is 0.452 e. The van der Waals surface area contributed by atoms with E-state index in [1.54, 1.807) is 7.05 Å². The molecule has 0 aliphatic rings. The number of esters is 1. The van der Waals surface area contributed by atoms with Crippen LogP contribution in [0.3, 0.4) is 0 Å². The van der Waals surface area contributed by atoms with Gasteiger partial charge in [-0.25, -0.2) is 17.5 Å². The Morgan fingerprint density at radius 3 is 2.14 bits per heavy atom. The zero-order valence-electron chi connectivity index (χ0n) is 16.4. The van der Waals surface area contributed by atoms with Crippen LogP contribution in [0.4, 0.5) is 0 Å². The molecule has 2 rings (SSSR count). The monoisotopic (exact) mass is 404 g/mol. The summed E-state index contributed by atoms with van der Waals surface area (Å²) in [5.74, 6) is -1.02. The number of sulfonamides is 1. The van der Waals surface area contributed by atoms with Crippen molar-refractivity contribution in [2.75, 3.05) is 27.7 Å². The van der Waals surface area contributed by atoms with E-state index >= 15 is 0 Å². The summed E-state index contributed by atoms with van der Waals surface area (Å²) in [6.07, 6.45) is 0. The van der Waals surface area contributed by atoms with Crippen LogP contribution in [0, 0.1) is 6.92 Å². The van der Waals surface area contributed by atoms with Crippen molar-refractivity contribution in [3.05, 3.63) is 65.2 Å². The first kappa shape index (κ1) is 21.6. The molecule has 0 atom stereocenters. The predicted molar refractivity (Wildman–Crippen MR) is 105 cm³/mol. The molecule has 1 amide bonds. The predicted octanol–water partition coefficient (Wildman–Crippen LogP) is 2.06. The first-order valence-electron chi connectivity index (χ1n) is 8.61. The number of hydrogen-bond acceptors (Lipinski definition) is 5. The maximum absolute atomic E-state index is 12.2. The van der Waals surface area contributed by atoms with Gasteiger partial charge in [-0.1, -0.05) is 24.3 Å². The lowest BCUT2D eigenvalue weighted by Crippen LogP contribution is -2.31. The second-order valence-electron chi connectivity index (χ2n) is 6.56. The second kappa shape index (κ2) is 8.99. The molecule has 0 aromatic heterocycles. The zero-order valence-corrected chi connectivity index (χ0v) is 17.2. The van der Waals surface area contributed by atoms with Gasteiger partial charge in [-0.2, -0.15) is 0 Å². The normalized spacial score (nSPS) is 11.3. The van der Waals surface area contributed by atoms with E-state index in [1.165, 1.54) is 43.3 Å². The molecular weight excluding hydrogens is 380 g/mol. The van der Waals surface area contributed by atoms with Gasteiger partial charge in [0.05, 0.1) is 10.5 Å². The SMILES string of the molecule is Cc1ccccc1CN(C)C(=O)COC(=O)c1ccc(S(=O)(=O)N(C)C)cc1.